The Bertz CT molecular complexity index is 628. The van der Waals surface area contributed by atoms with E-state index in [0.717, 1.165) is 4.90 Å². The van der Waals surface area contributed by atoms with Crippen LogP contribution in [0.5, 0.6) is 0 Å². The van der Waals surface area contributed by atoms with Gasteiger partial charge in [-0.2, -0.15) is 0 Å². The number of hydrogen-bond acceptors (Lipinski definition) is 4. The summed E-state index contributed by atoms with van der Waals surface area (Å²) in [7, 11) is 0. The van der Waals surface area contributed by atoms with Gasteiger partial charge in [-0.1, -0.05) is 25.4 Å². The molecule has 1 aliphatic rings. The van der Waals surface area contributed by atoms with Crippen molar-refractivity contribution in [3.63, 3.8) is 0 Å². The summed E-state index contributed by atoms with van der Waals surface area (Å²) in [5.41, 5.74) is 5.66. The zero-order valence-corrected chi connectivity index (χ0v) is 12.5. The van der Waals surface area contributed by atoms with Gasteiger partial charge in [0, 0.05) is 12.1 Å². The molecule has 0 unspecified atom stereocenters. The average molecular weight is 310 g/mol. The number of halogens is 1. The number of carbonyl (C=O) groups is 3. The van der Waals surface area contributed by atoms with Gasteiger partial charge in [-0.3, -0.25) is 19.3 Å². The van der Waals surface area contributed by atoms with Gasteiger partial charge < -0.3 is 11.1 Å². The van der Waals surface area contributed by atoms with Crippen molar-refractivity contribution in [3.8, 4) is 0 Å². The van der Waals surface area contributed by atoms with Crippen molar-refractivity contribution in [3.05, 3.63) is 23.2 Å². The topological polar surface area (TPSA) is 92.5 Å². The largest absolute Gasteiger partial charge is 0.399 e. The SMILES string of the molecule is CC1(C)CC(=O)N(CC(=O)Nc2cc(N)ccc2Cl)C1=O. The number of nitrogens with one attached hydrogen (secondary N) is 1. The lowest BCUT2D eigenvalue weighted by atomic mass is 9.92. The molecular weight excluding hydrogens is 294 g/mol. The second kappa shape index (κ2) is 5.37. The Balaban J connectivity index is 2.07. The van der Waals surface area contributed by atoms with Crippen LogP contribution in [0.2, 0.25) is 5.02 Å². The van der Waals surface area contributed by atoms with E-state index in [1.54, 1.807) is 26.0 Å². The van der Waals surface area contributed by atoms with Crippen LogP contribution < -0.4 is 11.1 Å². The molecule has 0 saturated carbocycles. The number of nitrogen functional groups attached to an aromatic ring is 1. The number of carbonyl (C=O) groups excluding carboxylic acids is 3. The van der Waals surface area contributed by atoms with Gasteiger partial charge in [0.2, 0.25) is 17.7 Å². The second-order valence-corrected chi connectivity index (χ2v) is 6.04. The quantitative estimate of drug-likeness (QED) is 0.656. The van der Waals surface area contributed by atoms with Crippen LogP contribution >= 0.6 is 11.6 Å². The van der Waals surface area contributed by atoms with E-state index >= 15 is 0 Å². The minimum absolute atomic E-state index is 0.109. The summed E-state index contributed by atoms with van der Waals surface area (Å²) in [6.07, 6.45) is 0.109. The van der Waals surface area contributed by atoms with E-state index < -0.39 is 11.3 Å². The molecule has 112 valence electrons. The van der Waals surface area contributed by atoms with Crippen molar-refractivity contribution in [1.29, 1.82) is 0 Å². The fourth-order valence-electron chi connectivity index (χ4n) is 2.16. The first-order valence-electron chi connectivity index (χ1n) is 6.40. The minimum atomic E-state index is -0.758. The van der Waals surface area contributed by atoms with E-state index in [-0.39, 0.29) is 24.8 Å². The van der Waals surface area contributed by atoms with Crippen LogP contribution in [0.15, 0.2) is 18.2 Å². The van der Waals surface area contributed by atoms with E-state index in [9.17, 15) is 14.4 Å². The van der Waals surface area contributed by atoms with Crippen molar-refractivity contribution >= 4 is 40.7 Å². The predicted octanol–water partition coefficient (Wildman–Crippen LogP) is 1.65. The van der Waals surface area contributed by atoms with Gasteiger partial charge in [-0.15, -0.1) is 0 Å². The maximum atomic E-state index is 12.0. The molecule has 1 aromatic rings. The molecule has 1 heterocycles. The first-order chi connectivity index (χ1) is 9.70. The normalized spacial score (nSPS) is 17.2. The standard InChI is InChI=1S/C14H16ClN3O3/c1-14(2)6-12(20)18(13(14)21)7-11(19)17-10-5-8(16)3-4-9(10)15/h3-5H,6-7,16H2,1-2H3,(H,17,19). The van der Waals surface area contributed by atoms with Crippen molar-refractivity contribution < 1.29 is 14.4 Å². The third-order valence-electron chi connectivity index (χ3n) is 3.28. The number of nitrogens with two attached hydrogens (primary N) is 1. The number of rotatable bonds is 3. The number of nitrogens with zero attached hydrogens (tertiary/aromatic N) is 1. The smallest absolute Gasteiger partial charge is 0.244 e. The van der Waals surface area contributed by atoms with Gasteiger partial charge in [-0.25, -0.2) is 0 Å². The molecule has 1 aromatic carbocycles. The number of benzene rings is 1. The highest BCUT2D eigenvalue weighted by molar-refractivity contribution is 6.33. The molecule has 0 bridgehead atoms. The summed E-state index contributed by atoms with van der Waals surface area (Å²) >= 11 is 5.94. The Kier molecular flexibility index (Phi) is 3.91. The molecule has 7 heteroatoms. The third-order valence-corrected chi connectivity index (χ3v) is 3.61. The highest BCUT2D eigenvalue weighted by Gasteiger charge is 2.45. The van der Waals surface area contributed by atoms with Crippen molar-refractivity contribution in [2.45, 2.75) is 20.3 Å². The number of imide groups is 1. The Hall–Kier alpha value is -2.08. The van der Waals surface area contributed by atoms with Gasteiger partial charge in [0.05, 0.1) is 16.1 Å². The molecule has 3 N–H and O–H groups in total. The molecule has 6 nitrogen and oxygen atoms in total. The fourth-order valence-corrected chi connectivity index (χ4v) is 2.32. The van der Waals surface area contributed by atoms with Crippen LogP contribution in [0.4, 0.5) is 11.4 Å². The Morgan fingerprint density at radius 3 is 2.67 bits per heavy atom. The maximum Gasteiger partial charge on any atom is 0.244 e. The summed E-state index contributed by atoms with van der Waals surface area (Å²) in [4.78, 5) is 36.8. The average Bonchev–Trinajstić information content (AvgIpc) is 2.56. The molecular formula is C14H16ClN3O3. The van der Waals surface area contributed by atoms with Crippen molar-refractivity contribution in [1.82, 2.24) is 4.90 Å². The van der Waals surface area contributed by atoms with Crippen LogP contribution in [0.3, 0.4) is 0 Å². The molecule has 1 fully saturated rings. The highest BCUT2D eigenvalue weighted by Crippen LogP contribution is 2.31. The monoisotopic (exact) mass is 309 g/mol. The first kappa shape index (κ1) is 15.3. The third kappa shape index (κ3) is 3.16. The molecule has 0 radical (unpaired) electrons. The van der Waals surface area contributed by atoms with Crippen molar-refractivity contribution in [2.24, 2.45) is 5.41 Å². The van der Waals surface area contributed by atoms with E-state index in [1.807, 2.05) is 0 Å². The van der Waals surface area contributed by atoms with E-state index in [2.05, 4.69) is 5.32 Å². The summed E-state index contributed by atoms with van der Waals surface area (Å²) < 4.78 is 0. The van der Waals surface area contributed by atoms with E-state index in [4.69, 9.17) is 17.3 Å². The number of anilines is 2. The molecule has 1 aliphatic heterocycles. The fraction of sp³-hybridized carbons (Fsp3) is 0.357. The predicted molar refractivity (Wildman–Crippen MR) is 79.6 cm³/mol. The molecule has 0 aliphatic carbocycles. The second-order valence-electron chi connectivity index (χ2n) is 5.63. The van der Waals surface area contributed by atoms with Crippen LogP contribution in [0, 0.1) is 5.41 Å². The van der Waals surface area contributed by atoms with E-state index in [1.165, 1.54) is 6.07 Å². The van der Waals surface area contributed by atoms with Crippen LogP contribution in [0.25, 0.3) is 0 Å². The number of hydrogen-bond donors (Lipinski definition) is 2. The molecule has 0 atom stereocenters. The van der Waals surface area contributed by atoms with Gasteiger partial charge in [0.25, 0.3) is 0 Å². The lowest BCUT2D eigenvalue weighted by molar-refractivity contribution is -0.143. The first-order valence-corrected chi connectivity index (χ1v) is 6.78. The minimum Gasteiger partial charge on any atom is -0.399 e. The maximum absolute atomic E-state index is 12.0. The molecule has 0 spiro atoms. The van der Waals surface area contributed by atoms with Gasteiger partial charge >= 0.3 is 0 Å². The highest BCUT2D eigenvalue weighted by atomic mass is 35.5. The van der Waals surface area contributed by atoms with Crippen LogP contribution in [-0.2, 0) is 14.4 Å². The Labute approximate surface area is 127 Å². The molecule has 2 rings (SSSR count). The van der Waals surface area contributed by atoms with Gasteiger partial charge in [0.15, 0.2) is 0 Å². The Morgan fingerprint density at radius 2 is 2.10 bits per heavy atom. The van der Waals surface area contributed by atoms with Crippen molar-refractivity contribution in [2.75, 3.05) is 17.6 Å². The molecule has 0 aromatic heterocycles. The summed E-state index contributed by atoms with van der Waals surface area (Å²) in [6, 6.07) is 4.67. The zero-order valence-electron chi connectivity index (χ0n) is 11.8. The molecule has 3 amide bonds. The lowest BCUT2D eigenvalue weighted by Gasteiger charge is -2.17. The zero-order chi connectivity index (χ0) is 15.8. The molecule has 1 saturated heterocycles. The summed E-state index contributed by atoms with van der Waals surface area (Å²) in [6.45, 7) is 3.03. The number of likely N-dealkylation sites (tertiary alicyclic amines) is 1. The number of amides is 3. The summed E-state index contributed by atoms with van der Waals surface area (Å²) in [5.74, 6) is -1.19. The van der Waals surface area contributed by atoms with E-state index in [0.29, 0.717) is 16.4 Å². The van der Waals surface area contributed by atoms with Crippen LogP contribution in [0.1, 0.15) is 20.3 Å². The molecule has 21 heavy (non-hydrogen) atoms. The van der Waals surface area contributed by atoms with Gasteiger partial charge in [-0.05, 0) is 18.2 Å². The lowest BCUT2D eigenvalue weighted by Crippen LogP contribution is -2.39. The van der Waals surface area contributed by atoms with Crippen LogP contribution in [-0.4, -0.2) is 29.2 Å². The Morgan fingerprint density at radius 1 is 1.43 bits per heavy atom. The van der Waals surface area contributed by atoms with Gasteiger partial charge in [0.1, 0.15) is 6.54 Å². The summed E-state index contributed by atoms with van der Waals surface area (Å²) in [5, 5.41) is 2.88.